The monoisotopic (exact) mass is 464 g/mol. The molecule has 0 N–H and O–H groups in total. The lowest BCUT2D eigenvalue weighted by atomic mass is 9.81. The first-order valence-electron chi connectivity index (χ1n) is 10.9. The number of rotatable bonds is 6. The van der Waals surface area contributed by atoms with E-state index in [-0.39, 0.29) is 35.3 Å². The van der Waals surface area contributed by atoms with Gasteiger partial charge in [-0.2, -0.15) is 5.01 Å². The first kappa shape index (κ1) is 21.7. The Hall–Kier alpha value is -4.15. The first-order chi connectivity index (χ1) is 16.3. The molecule has 3 fully saturated rings. The number of nitro groups is 2. The van der Waals surface area contributed by atoms with E-state index in [2.05, 4.69) is 0 Å². The van der Waals surface area contributed by atoms with Crippen molar-refractivity contribution in [2.24, 2.45) is 23.7 Å². The average Bonchev–Trinajstić information content (AvgIpc) is 3.51. The molecule has 2 aromatic rings. The van der Waals surface area contributed by atoms with Crippen LogP contribution in [0.5, 0.6) is 0 Å². The molecule has 3 aliphatic rings. The van der Waals surface area contributed by atoms with Crippen molar-refractivity contribution in [3.05, 3.63) is 79.9 Å². The summed E-state index contributed by atoms with van der Waals surface area (Å²) in [6.07, 6.45) is 2.58. The molecule has 5 rings (SSSR count). The standard InChI is InChI=1S/C23H20N4O7/c28-21(16-2-1-3-18(11-16)27(33)34)24(12-13-4-8-17(9-5-13)26(31)32)25-22(29)19-14-6-7-15(10-14)20(19)23(25)30/h1-5,8-9,11,14-15,19-20H,6-7,10,12H2/t14-,15-,19-,20+/m0/s1. The highest BCUT2D eigenvalue weighted by atomic mass is 16.6. The molecule has 34 heavy (non-hydrogen) atoms. The van der Waals surface area contributed by atoms with Gasteiger partial charge >= 0.3 is 0 Å². The number of benzene rings is 2. The smallest absolute Gasteiger partial charge is 0.272 e. The van der Waals surface area contributed by atoms with Crippen LogP contribution in [0.1, 0.15) is 35.2 Å². The average molecular weight is 464 g/mol. The summed E-state index contributed by atoms with van der Waals surface area (Å²) in [4.78, 5) is 61.3. The molecule has 3 amide bonds. The van der Waals surface area contributed by atoms with E-state index in [0.717, 1.165) is 35.3 Å². The third-order valence-electron chi connectivity index (χ3n) is 7.16. The molecule has 4 atom stereocenters. The van der Waals surface area contributed by atoms with Gasteiger partial charge < -0.3 is 0 Å². The van der Waals surface area contributed by atoms with E-state index in [1.165, 1.54) is 42.5 Å². The summed E-state index contributed by atoms with van der Waals surface area (Å²) in [5, 5.41) is 24.1. The Kier molecular flexibility index (Phi) is 5.11. The SMILES string of the molecule is O=C(c1cccc([N+](=O)[O-])c1)N(Cc1ccc([N+](=O)[O-])cc1)N1C(=O)[C@@H]2[C@H]3CC[C@@H](C3)[C@@H]2C1=O. The molecular formula is C23H20N4O7. The summed E-state index contributed by atoms with van der Waals surface area (Å²) >= 11 is 0. The minimum atomic E-state index is -0.740. The molecule has 1 heterocycles. The summed E-state index contributed by atoms with van der Waals surface area (Å²) in [6.45, 7) is -0.203. The number of non-ortho nitro benzene ring substituents is 2. The number of nitrogens with zero attached hydrogens (tertiary/aromatic N) is 4. The number of amides is 3. The van der Waals surface area contributed by atoms with Gasteiger partial charge in [0.1, 0.15) is 0 Å². The molecule has 2 aromatic carbocycles. The van der Waals surface area contributed by atoms with E-state index >= 15 is 0 Å². The Morgan fingerprint density at radius 1 is 0.912 bits per heavy atom. The van der Waals surface area contributed by atoms with Gasteiger partial charge in [0.05, 0.1) is 28.2 Å². The molecular weight excluding hydrogens is 444 g/mol. The molecule has 0 spiro atoms. The Morgan fingerprint density at radius 3 is 2.06 bits per heavy atom. The number of hydrogen-bond donors (Lipinski definition) is 0. The number of imide groups is 1. The zero-order valence-electron chi connectivity index (χ0n) is 17.9. The maximum absolute atomic E-state index is 13.5. The molecule has 0 radical (unpaired) electrons. The van der Waals surface area contributed by atoms with Crippen molar-refractivity contribution in [1.82, 2.24) is 10.0 Å². The quantitative estimate of drug-likeness (QED) is 0.363. The van der Waals surface area contributed by atoms with Crippen molar-refractivity contribution >= 4 is 29.1 Å². The maximum Gasteiger partial charge on any atom is 0.273 e. The second kappa shape index (κ2) is 8.01. The van der Waals surface area contributed by atoms with Crippen molar-refractivity contribution in [3.8, 4) is 0 Å². The Bertz CT molecular complexity index is 1200. The minimum Gasteiger partial charge on any atom is -0.272 e. The normalized spacial score (nSPS) is 24.9. The van der Waals surface area contributed by atoms with Crippen LogP contribution in [0.3, 0.4) is 0 Å². The number of hydrazine groups is 1. The van der Waals surface area contributed by atoms with Gasteiger partial charge in [-0.1, -0.05) is 18.2 Å². The number of hydrogen-bond acceptors (Lipinski definition) is 7. The lowest BCUT2D eigenvalue weighted by Crippen LogP contribution is -2.50. The van der Waals surface area contributed by atoms with Crippen LogP contribution < -0.4 is 0 Å². The fourth-order valence-corrected chi connectivity index (χ4v) is 5.66. The van der Waals surface area contributed by atoms with Crippen LogP contribution in [-0.4, -0.2) is 37.6 Å². The van der Waals surface area contributed by atoms with E-state index in [4.69, 9.17) is 0 Å². The Balaban J connectivity index is 1.52. The molecule has 1 aliphatic heterocycles. The molecule has 0 unspecified atom stereocenters. The van der Waals surface area contributed by atoms with Crippen LogP contribution in [0.4, 0.5) is 11.4 Å². The van der Waals surface area contributed by atoms with E-state index in [1.54, 1.807) is 0 Å². The molecule has 2 saturated carbocycles. The Morgan fingerprint density at radius 2 is 1.50 bits per heavy atom. The summed E-state index contributed by atoms with van der Waals surface area (Å²) in [5.74, 6) is -2.27. The number of carbonyl (C=O) groups excluding carboxylic acids is 3. The van der Waals surface area contributed by atoms with Crippen LogP contribution in [-0.2, 0) is 16.1 Å². The zero-order chi connectivity index (χ0) is 24.1. The van der Waals surface area contributed by atoms with Gasteiger partial charge in [-0.15, -0.1) is 0 Å². The third kappa shape index (κ3) is 3.40. The van der Waals surface area contributed by atoms with E-state index in [1.807, 2.05) is 0 Å². The van der Waals surface area contributed by atoms with Gasteiger partial charge in [0.2, 0.25) is 0 Å². The van der Waals surface area contributed by atoms with Gasteiger partial charge in [0.15, 0.2) is 0 Å². The molecule has 174 valence electrons. The van der Waals surface area contributed by atoms with Crippen molar-refractivity contribution in [2.75, 3.05) is 0 Å². The van der Waals surface area contributed by atoms with Gasteiger partial charge in [-0.3, -0.25) is 34.6 Å². The van der Waals surface area contributed by atoms with E-state index < -0.39 is 39.4 Å². The molecule has 2 aliphatic carbocycles. The summed E-state index contributed by atoms with van der Waals surface area (Å²) < 4.78 is 0. The molecule has 11 nitrogen and oxygen atoms in total. The van der Waals surface area contributed by atoms with Gasteiger partial charge in [0, 0.05) is 29.8 Å². The van der Waals surface area contributed by atoms with E-state index in [0.29, 0.717) is 5.56 Å². The van der Waals surface area contributed by atoms with Crippen molar-refractivity contribution in [3.63, 3.8) is 0 Å². The van der Waals surface area contributed by atoms with Crippen LogP contribution in [0.15, 0.2) is 48.5 Å². The maximum atomic E-state index is 13.5. The van der Waals surface area contributed by atoms with Crippen molar-refractivity contribution in [1.29, 1.82) is 0 Å². The second-order valence-corrected chi connectivity index (χ2v) is 8.97. The minimum absolute atomic E-state index is 0.0447. The third-order valence-corrected chi connectivity index (χ3v) is 7.16. The van der Waals surface area contributed by atoms with Gasteiger partial charge in [-0.25, -0.2) is 5.01 Å². The summed E-state index contributed by atoms with van der Waals surface area (Å²) in [6, 6.07) is 10.5. The fourth-order valence-electron chi connectivity index (χ4n) is 5.66. The molecule has 2 bridgehead atoms. The lowest BCUT2D eigenvalue weighted by Gasteiger charge is -2.31. The number of carbonyl (C=O) groups is 3. The predicted molar refractivity (Wildman–Crippen MR) is 116 cm³/mol. The van der Waals surface area contributed by atoms with Crippen LogP contribution in [0, 0.1) is 43.9 Å². The topological polar surface area (TPSA) is 144 Å². The lowest BCUT2D eigenvalue weighted by molar-refractivity contribution is -0.385. The number of fused-ring (bicyclic) bond motifs is 5. The van der Waals surface area contributed by atoms with Gasteiger partial charge in [-0.05, 0) is 42.7 Å². The second-order valence-electron chi connectivity index (χ2n) is 8.97. The summed E-state index contributed by atoms with van der Waals surface area (Å²) in [7, 11) is 0. The highest BCUT2D eigenvalue weighted by molar-refractivity contribution is 6.08. The largest absolute Gasteiger partial charge is 0.273 e. The highest BCUT2D eigenvalue weighted by Crippen LogP contribution is 2.56. The van der Waals surface area contributed by atoms with Crippen LogP contribution in [0.25, 0.3) is 0 Å². The first-order valence-corrected chi connectivity index (χ1v) is 10.9. The van der Waals surface area contributed by atoms with Crippen LogP contribution in [0.2, 0.25) is 0 Å². The Labute approximate surface area is 193 Å². The van der Waals surface area contributed by atoms with Gasteiger partial charge in [0.25, 0.3) is 29.1 Å². The van der Waals surface area contributed by atoms with Crippen molar-refractivity contribution < 1.29 is 24.2 Å². The molecule has 11 heteroatoms. The highest BCUT2D eigenvalue weighted by Gasteiger charge is 2.62. The molecule has 0 aromatic heterocycles. The van der Waals surface area contributed by atoms with E-state index in [9.17, 15) is 34.6 Å². The number of nitro benzene ring substituents is 2. The van der Waals surface area contributed by atoms with Crippen molar-refractivity contribution in [2.45, 2.75) is 25.8 Å². The predicted octanol–water partition coefficient (Wildman–Crippen LogP) is 3.09. The summed E-state index contributed by atoms with van der Waals surface area (Å²) in [5.41, 5.74) is -0.0170. The zero-order valence-corrected chi connectivity index (χ0v) is 17.9. The molecule has 1 saturated heterocycles. The fraction of sp³-hybridized carbons (Fsp3) is 0.348. The van der Waals surface area contributed by atoms with Crippen LogP contribution >= 0.6 is 0 Å².